The van der Waals surface area contributed by atoms with Crippen LogP contribution in [0.15, 0.2) is 6.07 Å². The highest BCUT2D eigenvalue weighted by molar-refractivity contribution is 7.91. The van der Waals surface area contributed by atoms with E-state index in [0.717, 1.165) is 12.0 Å². The van der Waals surface area contributed by atoms with Gasteiger partial charge in [-0.2, -0.15) is 0 Å². The van der Waals surface area contributed by atoms with Gasteiger partial charge in [-0.3, -0.25) is 4.79 Å². The van der Waals surface area contributed by atoms with Gasteiger partial charge in [0.25, 0.3) is 5.91 Å². The molecule has 0 radical (unpaired) electrons. The predicted octanol–water partition coefficient (Wildman–Crippen LogP) is 1.08. The van der Waals surface area contributed by atoms with Crippen LogP contribution in [-0.4, -0.2) is 50.4 Å². The van der Waals surface area contributed by atoms with Crippen LogP contribution in [-0.2, 0) is 27.6 Å². The third kappa shape index (κ3) is 2.62. The minimum Gasteiger partial charge on any atom is -0.376 e. The zero-order valence-electron chi connectivity index (χ0n) is 11.3. The second kappa shape index (κ2) is 5.13. The smallest absolute Gasteiger partial charge is 0.263 e. The number of carbonyl (C=O) groups excluding carboxylic acids is 1. The molecule has 0 aliphatic carbocycles. The Morgan fingerprint density at radius 3 is 2.95 bits per heavy atom. The molecule has 0 N–H and O–H groups in total. The van der Waals surface area contributed by atoms with Gasteiger partial charge >= 0.3 is 0 Å². The summed E-state index contributed by atoms with van der Waals surface area (Å²) in [6, 6.07) is 1.70. The first-order chi connectivity index (χ1) is 9.46. The minimum atomic E-state index is -2.97. The third-order valence-corrected chi connectivity index (χ3v) is 6.89. The molecule has 1 saturated heterocycles. The molecule has 1 atom stereocenters. The molecule has 0 aromatic carbocycles. The van der Waals surface area contributed by atoms with E-state index in [2.05, 4.69) is 0 Å². The molecule has 3 rings (SSSR count). The van der Waals surface area contributed by atoms with Crippen LogP contribution in [0.2, 0.25) is 0 Å². The molecule has 1 fully saturated rings. The van der Waals surface area contributed by atoms with Gasteiger partial charge in [0.1, 0.15) is 0 Å². The Labute approximate surface area is 122 Å². The van der Waals surface area contributed by atoms with Gasteiger partial charge in [-0.25, -0.2) is 8.42 Å². The van der Waals surface area contributed by atoms with Gasteiger partial charge in [-0.15, -0.1) is 11.3 Å². The zero-order chi connectivity index (χ0) is 14.3. The molecule has 0 spiro atoms. The summed E-state index contributed by atoms with van der Waals surface area (Å²) in [4.78, 5) is 15.9. The molecule has 20 heavy (non-hydrogen) atoms. The Hall–Kier alpha value is -0.920. The van der Waals surface area contributed by atoms with Crippen LogP contribution in [0.1, 0.15) is 26.5 Å². The lowest BCUT2D eigenvalue weighted by atomic mass is 10.2. The number of sulfone groups is 1. The first-order valence-electron chi connectivity index (χ1n) is 6.63. The summed E-state index contributed by atoms with van der Waals surface area (Å²) in [5.74, 6) is 0.194. The summed E-state index contributed by atoms with van der Waals surface area (Å²) in [5.41, 5.74) is 1.09. The first kappa shape index (κ1) is 14.0. The van der Waals surface area contributed by atoms with Gasteiger partial charge in [0, 0.05) is 24.4 Å². The van der Waals surface area contributed by atoms with Crippen LogP contribution in [0.25, 0.3) is 0 Å². The van der Waals surface area contributed by atoms with Crippen LogP contribution >= 0.6 is 11.3 Å². The van der Waals surface area contributed by atoms with Crippen LogP contribution in [0, 0.1) is 0 Å². The molecule has 1 amide bonds. The summed E-state index contributed by atoms with van der Waals surface area (Å²) >= 11 is 1.51. The van der Waals surface area contributed by atoms with Crippen molar-refractivity contribution in [2.45, 2.75) is 25.5 Å². The lowest BCUT2D eigenvalue weighted by molar-refractivity contribution is 0.0752. The van der Waals surface area contributed by atoms with Gasteiger partial charge in [-0.05, 0) is 18.1 Å². The Kier molecular flexibility index (Phi) is 3.60. The van der Waals surface area contributed by atoms with E-state index >= 15 is 0 Å². The number of hydrogen-bond donors (Lipinski definition) is 0. The van der Waals surface area contributed by atoms with Gasteiger partial charge < -0.3 is 9.64 Å². The van der Waals surface area contributed by atoms with Gasteiger partial charge in [0.15, 0.2) is 9.84 Å². The third-order valence-electron chi connectivity index (χ3n) is 3.91. The number of fused-ring (bicyclic) bond motifs is 1. The highest BCUT2D eigenvalue weighted by Gasteiger charge is 2.33. The second-order valence-corrected chi connectivity index (χ2v) is 8.70. The van der Waals surface area contributed by atoms with E-state index in [0.29, 0.717) is 24.5 Å². The van der Waals surface area contributed by atoms with Gasteiger partial charge in [-0.1, -0.05) is 0 Å². The molecule has 3 heterocycles. The lowest BCUT2D eigenvalue weighted by Crippen LogP contribution is -2.37. The topological polar surface area (TPSA) is 63.7 Å². The van der Waals surface area contributed by atoms with E-state index in [-0.39, 0.29) is 23.5 Å². The van der Waals surface area contributed by atoms with Gasteiger partial charge in [0.05, 0.1) is 29.6 Å². The Balaban J connectivity index is 1.77. The minimum absolute atomic E-state index is 0.0773. The Morgan fingerprint density at radius 1 is 1.50 bits per heavy atom. The van der Waals surface area contributed by atoms with E-state index in [9.17, 15) is 13.2 Å². The SMILES string of the molecule is CN(C(=O)c1cc2c(s1)CCOC2)[C@@H]1CCS(=O)(=O)C1. The van der Waals surface area contributed by atoms with E-state index in [1.807, 2.05) is 6.07 Å². The maximum absolute atomic E-state index is 12.5. The average molecular weight is 315 g/mol. The summed E-state index contributed by atoms with van der Waals surface area (Å²) in [7, 11) is -1.27. The average Bonchev–Trinajstić information content (AvgIpc) is 3.00. The monoisotopic (exact) mass is 315 g/mol. The van der Waals surface area contributed by atoms with Gasteiger partial charge in [0.2, 0.25) is 0 Å². The fraction of sp³-hybridized carbons (Fsp3) is 0.615. The maximum Gasteiger partial charge on any atom is 0.263 e. The molecular formula is C13H17NO4S2. The largest absolute Gasteiger partial charge is 0.376 e. The predicted molar refractivity (Wildman–Crippen MR) is 76.8 cm³/mol. The number of ether oxygens (including phenoxy) is 1. The number of rotatable bonds is 2. The van der Waals surface area contributed by atoms with Crippen molar-refractivity contribution in [3.05, 3.63) is 21.4 Å². The first-order valence-corrected chi connectivity index (χ1v) is 9.27. The number of nitrogens with zero attached hydrogens (tertiary/aromatic N) is 1. The van der Waals surface area contributed by atoms with Crippen molar-refractivity contribution >= 4 is 27.1 Å². The summed E-state index contributed by atoms with van der Waals surface area (Å²) in [5, 5.41) is 0. The second-order valence-electron chi connectivity index (χ2n) is 5.33. The van der Waals surface area contributed by atoms with E-state index in [1.54, 1.807) is 11.9 Å². The van der Waals surface area contributed by atoms with Crippen LogP contribution < -0.4 is 0 Å². The zero-order valence-corrected chi connectivity index (χ0v) is 12.9. The van der Waals surface area contributed by atoms with Crippen molar-refractivity contribution in [3.63, 3.8) is 0 Å². The van der Waals surface area contributed by atoms with Crippen molar-refractivity contribution in [1.29, 1.82) is 0 Å². The summed E-state index contributed by atoms with van der Waals surface area (Å²) in [6.45, 7) is 1.28. The number of carbonyl (C=O) groups is 1. The Bertz CT molecular complexity index is 611. The molecule has 0 bridgehead atoms. The molecule has 0 saturated carbocycles. The highest BCUT2D eigenvalue weighted by Crippen LogP contribution is 2.28. The molecule has 7 heteroatoms. The fourth-order valence-corrected chi connectivity index (χ4v) is 5.58. The van der Waals surface area contributed by atoms with E-state index in [1.165, 1.54) is 16.2 Å². The molecular weight excluding hydrogens is 298 g/mol. The number of hydrogen-bond acceptors (Lipinski definition) is 5. The van der Waals surface area contributed by atoms with Crippen molar-refractivity contribution in [2.75, 3.05) is 25.2 Å². The molecule has 110 valence electrons. The van der Waals surface area contributed by atoms with Crippen molar-refractivity contribution in [1.82, 2.24) is 4.90 Å². The molecule has 1 aromatic heterocycles. The Morgan fingerprint density at radius 2 is 2.30 bits per heavy atom. The number of amides is 1. The molecule has 1 aromatic rings. The normalized spacial score (nSPS) is 24.4. The standard InChI is InChI=1S/C13H17NO4S2/c1-14(10-3-5-20(16,17)8-10)13(15)12-6-9-7-18-4-2-11(9)19-12/h6,10H,2-5,7-8H2,1H3/t10-/m1/s1. The van der Waals surface area contributed by atoms with Crippen LogP contribution in [0.3, 0.4) is 0 Å². The van der Waals surface area contributed by atoms with Crippen LogP contribution in [0.5, 0.6) is 0 Å². The van der Waals surface area contributed by atoms with Crippen molar-refractivity contribution in [2.24, 2.45) is 0 Å². The molecule has 0 unspecified atom stereocenters. The number of thiophene rings is 1. The molecule has 2 aliphatic heterocycles. The van der Waals surface area contributed by atoms with E-state index < -0.39 is 9.84 Å². The van der Waals surface area contributed by atoms with Crippen molar-refractivity contribution in [3.8, 4) is 0 Å². The highest BCUT2D eigenvalue weighted by atomic mass is 32.2. The van der Waals surface area contributed by atoms with Crippen molar-refractivity contribution < 1.29 is 17.9 Å². The quantitative estimate of drug-likeness (QED) is 0.819. The van der Waals surface area contributed by atoms with E-state index in [4.69, 9.17) is 4.74 Å². The fourth-order valence-electron chi connectivity index (χ4n) is 2.67. The van der Waals surface area contributed by atoms with Crippen LogP contribution in [0.4, 0.5) is 0 Å². The summed E-state index contributed by atoms with van der Waals surface area (Å²) in [6.07, 6.45) is 1.40. The molecule has 2 aliphatic rings. The summed E-state index contributed by atoms with van der Waals surface area (Å²) < 4.78 is 28.4. The lowest BCUT2D eigenvalue weighted by Gasteiger charge is -2.22. The maximum atomic E-state index is 12.5. The molecule has 5 nitrogen and oxygen atoms in total.